The zero-order chi connectivity index (χ0) is 17.8. The van der Waals surface area contributed by atoms with Crippen molar-refractivity contribution >= 4 is 40.4 Å². The molecule has 0 bridgehead atoms. The Kier molecular flexibility index (Phi) is 5.19. The molecule has 0 aliphatic heterocycles. The Bertz CT molecular complexity index is 959. The third kappa shape index (κ3) is 3.75. The number of halogens is 1. The lowest BCUT2D eigenvalue weighted by Gasteiger charge is -2.20. The Morgan fingerprint density at radius 2 is 1.12 bits per heavy atom. The first kappa shape index (κ1) is 17.1. The molecule has 0 saturated carbocycles. The summed E-state index contributed by atoms with van der Waals surface area (Å²) in [6.45, 7) is 0. The number of para-hydroxylation sites is 2. The molecular formula is C22H16BrO2P. The zero-order valence-corrected chi connectivity index (χ0v) is 16.4. The van der Waals surface area contributed by atoms with Crippen molar-refractivity contribution in [3.63, 3.8) is 0 Å². The molecule has 0 atom stereocenters. The van der Waals surface area contributed by atoms with E-state index in [9.17, 15) is 0 Å². The van der Waals surface area contributed by atoms with Crippen molar-refractivity contribution in [2.75, 3.05) is 0 Å². The molecule has 128 valence electrons. The van der Waals surface area contributed by atoms with E-state index in [4.69, 9.17) is 9.05 Å². The molecule has 2 nitrogen and oxygen atoms in total. The molecule has 4 aromatic rings. The van der Waals surface area contributed by atoms with E-state index in [1.807, 2.05) is 78.9 Å². The van der Waals surface area contributed by atoms with Crippen LogP contribution < -0.4 is 14.4 Å². The van der Waals surface area contributed by atoms with Crippen molar-refractivity contribution < 1.29 is 9.05 Å². The van der Waals surface area contributed by atoms with E-state index in [1.54, 1.807) is 0 Å². The summed E-state index contributed by atoms with van der Waals surface area (Å²) in [5, 5.41) is 3.31. The van der Waals surface area contributed by atoms with E-state index in [0.717, 1.165) is 32.0 Å². The van der Waals surface area contributed by atoms with Gasteiger partial charge in [0.25, 0.3) is 0 Å². The van der Waals surface area contributed by atoms with Gasteiger partial charge in [0.1, 0.15) is 11.5 Å². The maximum absolute atomic E-state index is 6.29. The summed E-state index contributed by atoms with van der Waals surface area (Å²) >= 11 is 3.69. The predicted molar refractivity (Wildman–Crippen MR) is 112 cm³/mol. The van der Waals surface area contributed by atoms with Crippen LogP contribution in [0, 0.1) is 0 Å². The van der Waals surface area contributed by atoms with Crippen LogP contribution in [0.25, 0.3) is 10.8 Å². The average Bonchev–Trinajstić information content (AvgIpc) is 2.69. The van der Waals surface area contributed by atoms with Crippen molar-refractivity contribution in [2.24, 2.45) is 0 Å². The molecule has 4 aromatic carbocycles. The summed E-state index contributed by atoms with van der Waals surface area (Å²) in [4.78, 5) is 0. The third-order valence-corrected chi connectivity index (χ3v) is 6.07. The summed E-state index contributed by atoms with van der Waals surface area (Å²) in [5.74, 6) is 1.58. The summed E-state index contributed by atoms with van der Waals surface area (Å²) in [7, 11) is -1.35. The smallest absolute Gasteiger partial charge is 0.326 e. The third-order valence-electron chi connectivity index (χ3n) is 3.89. The largest absolute Gasteiger partial charge is 0.435 e. The summed E-state index contributed by atoms with van der Waals surface area (Å²) in [6.07, 6.45) is 0. The number of rotatable bonds is 5. The SMILES string of the molecule is Brc1cccc2cccc(P(Oc3ccccc3)Oc3ccccc3)c12. The number of hydrogen-bond donors (Lipinski definition) is 0. The van der Waals surface area contributed by atoms with Gasteiger partial charge in [0.05, 0.1) is 5.30 Å². The first-order chi connectivity index (χ1) is 12.8. The summed E-state index contributed by atoms with van der Waals surface area (Å²) < 4.78 is 13.6. The van der Waals surface area contributed by atoms with Gasteiger partial charge < -0.3 is 9.05 Å². The van der Waals surface area contributed by atoms with Crippen LogP contribution in [0.15, 0.2) is 102 Å². The quantitative estimate of drug-likeness (QED) is 0.333. The van der Waals surface area contributed by atoms with E-state index in [-0.39, 0.29) is 0 Å². The number of benzene rings is 4. The molecule has 0 amide bonds. The molecule has 0 unspecified atom stereocenters. The fraction of sp³-hybridized carbons (Fsp3) is 0. The highest BCUT2D eigenvalue weighted by molar-refractivity contribution is 9.10. The minimum atomic E-state index is -1.35. The predicted octanol–water partition coefficient (Wildman–Crippen LogP) is 6.70. The highest BCUT2D eigenvalue weighted by Crippen LogP contribution is 2.42. The Morgan fingerprint density at radius 3 is 1.69 bits per heavy atom. The van der Waals surface area contributed by atoms with Gasteiger partial charge in [-0.05, 0) is 41.8 Å². The lowest BCUT2D eigenvalue weighted by atomic mass is 10.1. The van der Waals surface area contributed by atoms with Crippen LogP contribution in [0.2, 0.25) is 0 Å². The maximum Gasteiger partial charge on any atom is 0.326 e. The second kappa shape index (κ2) is 7.90. The zero-order valence-electron chi connectivity index (χ0n) is 13.9. The normalized spacial score (nSPS) is 10.8. The Labute approximate surface area is 162 Å². The molecule has 0 aliphatic rings. The van der Waals surface area contributed by atoms with Gasteiger partial charge in [-0.1, -0.05) is 76.6 Å². The van der Waals surface area contributed by atoms with Crippen LogP contribution in [0.3, 0.4) is 0 Å². The molecule has 0 saturated heterocycles. The lowest BCUT2D eigenvalue weighted by Crippen LogP contribution is -2.11. The van der Waals surface area contributed by atoms with Crippen molar-refractivity contribution in [3.05, 3.63) is 102 Å². The standard InChI is InChI=1S/C22H16BrO2P/c23-20-15-7-9-17-10-8-16-21(22(17)20)26(24-18-11-3-1-4-12-18)25-19-13-5-2-6-14-19/h1-16H. The molecule has 26 heavy (non-hydrogen) atoms. The van der Waals surface area contributed by atoms with Crippen LogP contribution in [-0.2, 0) is 0 Å². The van der Waals surface area contributed by atoms with Gasteiger partial charge in [-0.3, -0.25) is 0 Å². The summed E-state index contributed by atoms with van der Waals surface area (Å²) in [5.41, 5.74) is 0. The molecule has 0 fully saturated rings. The Hall–Kier alpha value is -2.35. The van der Waals surface area contributed by atoms with E-state index in [1.165, 1.54) is 0 Å². The highest BCUT2D eigenvalue weighted by Gasteiger charge is 2.22. The first-order valence-corrected chi connectivity index (χ1v) is 10.2. The molecule has 0 aliphatic carbocycles. The van der Waals surface area contributed by atoms with Crippen LogP contribution >= 0.6 is 24.3 Å². The van der Waals surface area contributed by atoms with E-state index in [0.29, 0.717) is 0 Å². The van der Waals surface area contributed by atoms with Gasteiger partial charge in [0, 0.05) is 9.86 Å². The van der Waals surface area contributed by atoms with Crippen molar-refractivity contribution in [3.8, 4) is 11.5 Å². The molecule has 0 radical (unpaired) electrons. The molecule has 0 spiro atoms. The minimum absolute atomic E-state index is 0.790. The lowest BCUT2D eigenvalue weighted by molar-refractivity contribution is 0.502. The highest BCUT2D eigenvalue weighted by atomic mass is 79.9. The van der Waals surface area contributed by atoms with E-state index in [2.05, 4.69) is 34.1 Å². The molecular weight excluding hydrogens is 407 g/mol. The monoisotopic (exact) mass is 422 g/mol. The number of fused-ring (bicyclic) bond motifs is 1. The van der Waals surface area contributed by atoms with Crippen molar-refractivity contribution in [1.82, 2.24) is 0 Å². The van der Waals surface area contributed by atoms with Crippen LogP contribution in [0.1, 0.15) is 0 Å². The Balaban J connectivity index is 1.80. The second-order valence-electron chi connectivity index (χ2n) is 5.68. The fourth-order valence-corrected chi connectivity index (χ4v) is 4.95. The van der Waals surface area contributed by atoms with Crippen LogP contribution in [-0.4, -0.2) is 0 Å². The maximum atomic E-state index is 6.29. The van der Waals surface area contributed by atoms with Crippen molar-refractivity contribution in [1.29, 1.82) is 0 Å². The molecule has 0 heterocycles. The Morgan fingerprint density at radius 1 is 0.577 bits per heavy atom. The summed E-state index contributed by atoms with van der Waals surface area (Å²) in [6, 6.07) is 32.0. The first-order valence-electron chi connectivity index (χ1n) is 8.25. The van der Waals surface area contributed by atoms with Crippen molar-refractivity contribution in [2.45, 2.75) is 0 Å². The average molecular weight is 423 g/mol. The topological polar surface area (TPSA) is 18.5 Å². The van der Waals surface area contributed by atoms with E-state index < -0.39 is 8.38 Å². The fourth-order valence-electron chi connectivity index (χ4n) is 2.70. The molecule has 0 N–H and O–H groups in total. The van der Waals surface area contributed by atoms with Crippen LogP contribution in [0.5, 0.6) is 11.5 Å². The van der Waals surface area contributed by atoms with Gasteiger partial charge in [0.2, 0.25) is 0 Å². The minimum Gasteiger partial charge on any atom is -0.435 e. The van der Waals surface area contributed by atoms with Gasteiger partial charge in [0.15, 0.2) is 0 Å². The molecule has 0 aromatic heterocycles. The number of hydrogen-bond acceptors (Lipinski definition) is 2. The van der Waals surface area contributed by atoms with Gasteiger partial charge in [-0.25, -0.2) is 0 Å². The second-order valence-corrected chi connectivity index (χ2v) is 7.90. The molecule has 4 heteroatoms. The van der Waals surface area contributed by atoms with Crippen LogP contribution in [0.4, 0.5) is 0 Å². The van der Waals surface area contributed by atoms with Gasteiger partial charge in [-0.2, -0.15) is 0 Å². The molecule has 4 rings (SSSR count). The van der Waals surface area contributed by atoms with E-state index >= 15 is 0 Å². The van der Waals surface area contributed by atoms with Gasteiger partial charge >= 0.3 is 8.38 Å². The van der Waals surface area contributed by atoms with Gasteiger partial charge in [-0.15, -0.1) is 0 Å².